The lowest BCUT2D eigenvalue weighted by Crippen LogP contribution is -2.58. The van der Waals surface area contributed by atoms with Crippen LogP contribution in [0.2, 0.25) is 0 Å². The van der Waals surface area contributed by atoms with Crippen LogP contribution in [0.15, 0.2) is 24.3 Å². The topological polar surface area (TPSA) is 108 Å². The van der Waals surface area contributed by atoms with Crippen LogP contribution in [0.1, 0.15) is 57.3 Å². The maximum absolute atomic E-state index is 12.9. The standard InChI is InChI=1S/C25H38N4O5/c1-5-11-28(12-6-2)25(33)19-8-7-9-20(14-19)27-16-22(30)29-13-10-26-24(32)21(29)15-23(31)34-17-18(3)4/h7-9,14,18,21,27H,5-6,10-13,15-17H2,1-4H3,(H,26,32). The summed E-state index contributed by atoms with van der Waals surface area (Å²) in [5, 5.41) is 5.77. The molecule has 1 heterocycles. The van der Waals surface area contributed by atoms with Gasteiger partial charge in [-0.25, -0.2) is 0 Å². The van der Waals surface area contributed by atoms with E-state index in [-0.39, 0.29) is 43.2 Å². The minimum Gasteiger partial charge on any atom is -0.465 e. The smallest absolute Gasteiger partial charge is 0.308 e. The van der Waals surface area contributed by atoms with E-state index in [0.29, 0.717) is 37.4 Å². The number of amides is 3. The van der Waals surface area contributed by atoms with Crippen LogP contribution in [0.3, 0.4) is 0 Å². The van der Waals surface area contributed by atoms with Crippen LogP contribution < -0.4 is 10.6 Å². The molecule has 1 aromatic rings. The van der Waals surface area contributed by atoms with Gasteiger partial charge in [0.1, 0.15) is 6.04 Å². The maximum atomic E-state index is 12.9. The third-order valence-electron chi connectivity index (χ3n) is 5.42. The van der Waals surface area contributed by atoms with Crippen molar-refractivity contribution in [1.29, 1.82) is 0 Å². The Kier molecular flexibility index (Phi) is 10.8. The molecule has 188 valence electrons. The maximum Gasteiger partial charge on any atom is 0.308 e. The molecule has 1 unspecified atom stereocenters. The van der Waals surface area contributed by atoms with Crippen LogP contribution in [0, 0.1) is 5.92 Å². The number of ether oxygens (including phenoxy) is 1. The summed E-state index contributed by atoms with van der Waals surface area (Å²) in [7, 11) is 0. The Balaban J connectivity index is 2.01. The molecule has 9 nitrogen and oxygen atoms in total. The highest BCUT2D eigenvalue weighted by Gasteiger charge is 2.35. The third kappa shape index (κ3) is 8.04. The van der Waals surface area contributed by atoms with Crippen LogP contribution in [-0.2, 0) is 19.1 Å². The first kappa shape index (κ1) is 27.1. The summed E-state index contributed by atoms with van der Waals surface area (Å²) in [6, 6.07) is 6.17. The third-order valence-corrected chi connectivity index (χ3v) is 5.42. The molecule has 1 aromatic carbocycles. The molecule has 1 fully saturated rings. The molecular formula is C25H38N4O5. The van der Waals surface area contributed by atoms with E-state index in [9.17, 15) is 19.2 Å². The minimum atomic E-state index is -0.896. The molecule has 1 aliphatic heterocycles. The van der Waals surface area contributed by atoms with Crippen molar-refractivity contribution >= 4 is 29.4 Å². The van der Waals surface area contributed by atoms with Crippen molar-refractivity contribution in [2.75, 3.05) is 44.6 Å². The molecular weight excluding hydrogens is 436 g/mol. The number of anilines is 1. The van der Waals surface area contributed by atoms with E-state index in [1.54, 1.807) is 24.3 Å². The number of carbonyl (C=O) groups excluding carboxylic acids is 4. The van der Waals surface area contributed by atoms with Gasteiger partial charge in [0.05, 0.1) is 19.6 Å². The summed E-state index contributed by atoms with van der Waals surface area (Å²) < 4.78 is 5.19. The lowest BCUT2D eigenvalue weighted by Gasteiger charge is -2.34. The normalized spacial score (nSPS) is 15.6. The molecule has 9 heteroatoms. The summed E-state index contributed by atoms with van der Waals surface area (Å²) in [6.45, 7) is 10.2. The van der Waals surface area contributed by atoms with E-state index in [1.807, 2.05) is 32.6 Å². The van der Waals surface area contributed by atoms with Gasteiger partial charge in [0.25, 0.3) is 5.91 Å². The van der Waals surface area contributed by atoms with Gasteiger partial charge in [-0.1, -0.05) is 33.8 Å². The molecule has 1 atom stereocenters. The first-order valence-electron chi connectivity index (χ1n) is 12.1. The molecule has 0 spiro atoms. The number of nitrogens with zero attached hydrogens (tertiary/aromatic N) is 2. The van der Waals surface area contributed by atoms with Crippen molar-refractivity contribution in [3.05, 3.63) is 29.8 Å². The van der Waals surface area contributed by atoms with Crippen molar-refractivity contribution in [3.8, 4) is 0 Å². The summed E-state index contributed by atoms with van der Waals surface area (Å²) in [5.74, 6) is -1.01. The monoisotopic (exact) mass is 474 g/mol. The van der Waals surface area contributed by atoms with Gasteiger partial charge in [-0.15, -0.1) is 0 Å². The SMILES string of the molecule is CCCN(CCC)C(=O)c1cccc(NCC(=O)N2CCNC(=O)C2CC(=O)OCC(C)C)c1. The molecule has 0 radical (unpaired) electrons. The Bertz CT molecular complexity index is 851. The predicted molar refractivity (Wildman–Crippen MR) is 130 cm³/mol. The molecule has 3 amide bonds. The van der Waals surface area contributed by atoms with E-state index in [0.717, 1.165) is 12.8 Å². The molecule has 0 aromatic heterocycles. The summed E-state index contributed by atoms with van der Waals surface area (Å²) in [4.78, 5) is 53.6. The summed E-state index contributed by atoms with van der Waals surface area (Å²) in [6.07, 6.45) is 1.58. The molecule has 2 N–H and O–H groups in total. The Morgan fingerprint density at radius 3 is 2.56 bits per heavy atom. The Morgan fingerprint density at radius 2 is 1.91 bits per heavy atom. The molecule has 0 aliphatic carbocycles. The molecule has 1 saturated heterocycles. The average molecular weight is 475 g/mol. The van der Waals surface area contributed by atoms with Crippen LogP contribution in [0.5, 0.6) is 0 Å². The lowest BCUT2D eigenvalue weighted by atomic mass is 10.1. The second kappa shape index (κ2) is 13.6. The van der Waals surface area contributed by atoms with E-state index in [1.165, 1.54) is 4.90 Å². The lowest BCUT2D eigenvalue weighted by molar-refractivity contribution is -0.152. The van der Waals surface area contributed by atoms with E-state index >= 15 is 0 Å². The first-order chi connectivity index (χ1) is 16.3. The van der Waals surface area contributed by atoms with E-state index < -0.39 is 12.0 Å². The van der Waals surface area contributed by atoms with E-state index in [2.05, 4.69) is 10.6 Å². The van der Waals surface area contributed by atoms with Crippen molar-refractivity contribution < 1.29 is 23.9 Å². The fourth-order valence-electron chi connectivity index (χ4n) is 3.77. The predicted octanol–water partition coefficient (Wildman–Crippen LogP) is 2.28. The summed E-state index contributed by atoms with van der Waals surface area (Å²) >= 11 is 0. The zero-order valence-corrected chi connectivity index (χ0v) is 20.8. The van der Waals surface area contributed by atoms with Crippen LogP contribution in [-0.4, -0.2) is 78.9 Å². The van der Waals surface area contributed by atoms with Crippen molar-refractivity contribution in [3.63, 3.8) is 0 Å². The molecule has 0 saturated carbocycles. The number of hydrogen-bond donors (Lipinski definition) is 2. The van der Waals surface area contributed by atoms with Gasteiger partial charge in [0, 0.05) is 37.4 Å². The summed E-state index contributed by atoms with van der Waals surface area (Å²) in [5.41, 5.74) is 1.20. The Morgan fingerprint density at radius 1 is 1.21 bits per heavy atom. The number of carbonyl (C=O) groups is 4. The number of piperazine rings is 1. The van der Waals surface area contributed by atoms with Crippen molar-refractivity contribution in [2.24, 2.45) is 5.92 Å². The van der Waals surface area contributed by atoms with Gasteiger partial charge in [0.15, 0.2) is 0 Å². The highest BCUT2D eigenvalue weighted by Crippen LogP contribution is 2.15. The number of nitrogens with one attached hydrogen (secondary N) is 2. The molecule has 34 heavy (non-hydrogen) atoms. The largest absolute Gasteiger partial charge is 0.465 e. The van der Waals surface area contributed by atoms with Gasteiger partial charge in [0.2, 0.25) is 11.8 Å². The van der Waals surface area contributed by atoms with Crippen molar-refractivity contribution in [2.45, 2.75) is 53.0 Å². The van der Waals surface area contributed by atoms with Crippen LogP contribution in [0.25, 0.3) is 0 Å². The number of esters is 1. The van der Waals surface area contributed by atoms with Gasteiger partial charge in [-0.2, -0.15) is 0 Å². The average Bonchev–Trinajstić information content (AvgIpc) is 2.82. The zero-order chi connectivity index (χ0) is 25.1. The highest BCUT2D eigenvalue weighted by atomic mass is 16.5. The second-order valence-electron chi connectivity index (χ2n) is 8.90. The minimum absolute atomic E-state index is 0.0358. The van der Waals surface area contributed by atoms with E-state index in [4.69, 9.17) is 4.74 Å². The Labute approximate surface area is 202 Å². The molecule has 1 aliphatic rings. The van der Waals surface area contributed by atoms with Gasteiger partial charge < -0.3 is 25.2 Å². The quantitative estimate of drug-likeness (QED) is 0.450. The molecule has 0 bridgehead atoms. The first-order valence-corrected chi connectivity index (χ1v) is 12.1. The number of rotatable bonds is 12. The molecule has 2 rings (SSSR count). The number of benzene rings is 1. The second-order valence-corrected chi connectivity index (χ2v) is 8.90. The van der Waals surface area contributed by atoms with Crippen LogP contribution >= 0.6 is 0 Å². The van der Waals surface area contributed by atoms with Gasteiger partial charge in [-0.3, -0.25) is 19.2 Å². The zero-order valence-electron chi connectivity index (χ0n) is 20.8. The van der Waals surface area contributed by atoms with Crippen molar-refractivity contribution in [1.82, 2.24) is 15.1 Å². The Hall–Kier alpha value is -3.10. The fraction of sp³-hybridized carbons (Fsp3) is 0.600. The van der Waals surface area contributed by atoms with Crippen LogP contribution in [0.4, 0.5) is 5.69 Å². The van der Waals surface area contributed by atoms with Gasteiger partial charge >= 0.3 is 5.97 Å². The highest BCUT2D eigenvalue weighted by molar-refractivity contribution is 5.96. The number of hydrogen-bond acceptors (Lipinski definition) is 6. The van der Waals surface area contributed by atoms with Gasteiger partial charge in [-0.05, 0) is 37.0 Å². The fourth-order valence-corrected chi connectivity index (χ4v) is 3.77.